The standard InChI is InChI=1S/C14H20N2O4S/c1-10-4-5-13(12(8-10)14(17)20-3)21(18,19)16(2)11-6-7-15-9-11/h4-5,8,11,15H,6-7,9H2,1-3H3. The summed E-state index contributed by atoms with van der Waals surface area (Å²) in [6.45, 7) is 3.21. The van der Waals surface area contributed by atoms with Crippen LogP contribution in [0.2, 0.25) is 0 Å². The maximum Gasteiger partial charge on any atom is 0.339 e. The van der Waals surface area contributed by atoms with E-state index >= 15 is 0 Å². The van der Waals surface area contributed by atoms with E-state index in [1.54, 1.807) is 26.1 Å². The van der Waals surface area contributed by atoms with Crippen molar-refractivity contribution in [3.05, 3.63) is 29.3 Å². The molecule has 0 radical (unpaired) electrons. The van der Waals surface area contributed by atoms with Gasteiger partial charge in [-0.1, -0.05) is 11.6 Å². The van der Waals surface area contributed by atoms with Crippen molar-refractivity contribution in [3.8, 4) is 0 Å². The number of aryl methyl sites for hydroxylation is 1. The summed E-state index contributed by atoms with van der Waals surface area (Å²) in [7, 11) is -0.941. The van der Waals surface area contributed by atoms with Crippen LogP contribution in [0.1, 0.15) is 22.3 Å². The molecule has 1 aliphatic rings. The summed E-state index contributed by atoms with van der Waals surface area (Å²) >= 11 is 0. The molecule has 1 atom stereocenters. The second kappa shape index (κ2) is 6.13. The van der Waals surface area contributed by atoms with E-state index in [1.165, 1.54) is 17.5 Å². The topological polar surface area (TPSA) is 75.7 Å². The van der Waals surface area contributed by atoms with Crippen LogP contribution in [-0.2, 0) is 14.8 Å². The van der Waals surface area contributed by atoms with Crippen molar-refractivity contribution in [1.82, 2.24) is 9.62 Å². The van der Waals surface area contributed by atoms with Gasteiger partial charge in [-0.15, -0.1) is 0 Å². The minimum atomic E-state index is -3.73. The van der Waals surface area contributed by atoms with Crippen LogP contribution < -0.4 is 5.32 Å². The summed E-state index contributed by atoms with van der Waals surface area (Å²) < 4.78 is 31.6. The van der Waals surface area contributed by atoms with Crippen molar-refractivity contribution in [2.45, 2.75) is 24.3 Å². The van der Waals surface area contributed by atoms with E-state index in [1.807, 2.05) is 0 Å². The second-order valence-electron chi connectivity index (χ2n) is 5.16. The first-order valence-corrected chi connectivity index (χ1v) is 8.19. The summed E-state index contributed by atoms with van der Waals surface area (Å²) in [5.41, 5.74) is 0.884. The van der Waals surface area contributed by atoms with Gasteiger partial charge in [0.2, 0.25) is 10.0 Å². The number of carbonyl (C=O) groups excluding carboxylic acids is 1. The van der Waals surface area contributed by atoms with E-state index in [4.69, 9.17) is 4.74 Å². The van der Waals surface area contributed by atoms with Crippen molar-refractivity contribution >= 4 is 16.0 Å². The van der Waals surface area contributed by atoms with Crippen LogP contribution in [0.3, 0.4) is 0 Å². The number of benzene rings is 1. The third kappa shape index (κ3) is 3.09. The highest BCUT2D eigenvalue weighted by atomic mass is 32.2. The third-order valence-corrected chi connectivity index (χ3v) is 5.71. The Morgan fingerprint density at radius 2 is 2.14 bits per heavy atom. The fourth-order valence-electron chi connectivity index (χ4n) is 2.44. The number of ether oxygens (including phenoxy) is 1. The van der Waals surface area contributed by atoms with E-state index in [0.29, 0.717) is 6.54 Å². The highest BCUT2D eigenvalue weighted by Gasteiger charge is 2.32. The molecule has 21 heavy (non-hydrogen) atoms. The third-order valence-electron chi connectivity index (χ3n) is 3.75. The monoisotopic (exact) mass is 312 g/mol. The molecule has 1 saturated heterocycles. The van der Waals surface area contributed by atoms with E-state index < -0.39 is 16.0 Å². The Kier molecular flexibility index (Phi) is 4.65. The van der Waals surface area contributed by atoms with E-state index in [9.17, 15) is 13.2 Å². The number of carbonyl (C=O) groups is 1. The first kappa shape index (κ1) is 15.9. The lowest BCUT2D eigenvalue weighted by atomic mass is 10.1. The number of methoxy groups -OCH3 is 1. The van der Waals surface area contributed by atoms with E-state index in [2.05, 4.69) is 5.32 Å². The van der Waals surface area contributed by atoms with Gasteiger partial charge < -0.3 is 10.1 Å². The molecule has 1 aromatic carbocycles. The molecule has 0 aromatic heterocycles. The predicted octanol–water partition coefficient (Wildman–Crippen LogP) is 0.764. The first-order valence-electron chi connectivity index (χ1n) is 6.75. The summed E-state index contributed by atoms with van der Waals surface area (Å²) in [5.74, 6) is -0.643. The molecule has 0 saturated carbocycles. The fourth-order valence-corrected chi connectivity index (χ4v) is 3.98. The smallest absolute Gasteiger partial charge is 0.339 e. The number of hydrogen-bond donors (Lipinski definition) is 1. The molecule has 1 N–H and O–H groups in total. The molecule has 0 amide bonds. The molecular weight excluding hydrogens is 292 g/mol. The summed E-state index contributed by atoms with van der Waals surface area (Å²) in [6.07, 6.45) is 0.759. The number of likely N-dealkylation sites (N-methyl/N-ethyl adjacent to an activating group) is 1. The largest absolute Gasteiger partial charge is 0.465 e. The van der Waals surface area contributed by atoms with Gasteiger partial charge in [0.05, 0.1) is 17.6 Å². The molecule has 1 aliphatic heterocycles. The van der Waals surface area contributed by atoms with Crippen LogP contribution >= 0.6 is 0 Å². The number of hydrogen-bond acceptors (Lipinski definition) is 5. The quantitative estimate of drug-likeness (QED) is 0.831. The molecule has 1 fully saturated rings. The SMILES string of the molecule is COC(=O)c1cc(C)ccc1S(=O)(=O)N(C)C1CCNC1. The molecule has 1 aromatic rings. The molecule has 7 heteroatoms. The van der Waals surface area contributed by atoms with Crippen LogP contribution in [0.25, 0.3) is 0 Å². The zero-order valence-electron chi connectivity index (χ0n) is 12.4. The van der Waals surface area contributed by atoms with Gasteiger partial charge in [-0.3, -0.25) is 0 Å². The Morgan fingerprint density at radius 1 is 1.43 bits per heavy atom. The Labute approximate surface area is 125 Å². The van der Waals surface area contributed by atoms with Gasteiger partial charge >= 0.3 is 5.97 Å². The Bertz CT molecular complexity index is 636. The molecule has 116 valence electrons. The minimum Gasteiger partial charge on any atom is -0.465 e. The molecule has 1 unspecified atom stereocenters. The van der Waals surface area contributed by atoms with Crippen LogP contribution in [0.4, 0.5) is 0 Å². The van der Waals surface area contributed by atoms with Crippen LogP contribution in [0.15, 0.2) is 23.1 Å². The van der Waals surface area contributed by atoms with Crippen molar-refractivity contribution in [3.63, 3.8) is 0 Å². The zero-order valence-corrected chi connectivity index (χ0v) is 13.2. The lowest BCUT2D eigenvalue weighted by molar-refractivity contribution is 0.0596. The Hall–Kier alpha value is -1.44. The number of sulfonamides is 1. The lowest BCUT2D eigenvalue weighted by Gasteiger charge is -2.24. The van der Waals surface area contributed by atoms with Gasteiger partial charge in [-0.05, 0) is 32.0 Å². The van der Waals surface area contributed by atoms with Crippen molar-refractivity contribution < 1.29 is 17.9 Å². The molecule has 0 spiro atoms. The molecule has 6 nitrogen and oxygen atoms in total. The summed E-state index contributed by atoms with van der Waals surface area (Å²) in [5, 5.41) is 3.14. The van der Waals surface area contributed by atoms with Gasteiger partial charge in [0.1, 0.15) is 0 Å². The maximum absolute atomic E-state index is 12.8. The lowest BCUT2D eigenvalue weighted by Crippen LogP contribution is -2.38. The molecule has 0 bridgehead atoms. The Balaban J connectivity index is 2.46. The van der Waals surface area contributed by atoms with Gasteiger partial charge in [0.25, 0.3) is 0 Å². The van der Waals surface area contributed by atoms with Gasteiger partial charge in [-0.25, -0.2) is 13.2 Å². The normalized spacial score (nSPS) is 19.0. The Morgan fingerprint density at radius 3 is 2.71 bits per heavy atom. The van der Waals surface area contributed by atoms with Crippen molar-refractivity contribution in [1.29, 1.82) is 0 Å². The van der Waals surface area contributed by atoms with Crippen LogP contribution in [0.5, 0.6) is 0 Å². The average molecular weight is 312 g/mol. The van der Waals surface area contributed by atoms with E-state index in [-0.39, 0.29) is 16.5 Å². The van der Waals surface area contributed by atoms with Gasteiger partial charge in [0.15, 0.2) is 0 Å². The van der Waals surface area contributed by atoms with Crippen molar-refractivity contribution in [2.24, 2.45) is 0 Å². The molecular formula is C14H20N2O4S. The number of nitrogens with one attached hydrogen (secondary N) is 1. The van der Waals surface area contributed by atoms with Gasteiger partial charge in [-0.2, -0.15) is 4.31 Å². The predicted molar refractivity (Wildman–Crippen MR) is 78.7 cm³/mol. The summed E-state index contributed by atoms with van der Waals surface area (Å²) in [6, 6.07) is 4.59. The molecule has 2 rings (SSSR count). The number of esters is 1. The second-order valence-corrected chi connectivity index (χ2v) is 7.12. The molecule has 1 heterocycles. The first-order chi connectivity index (χ1) is 9.87. The number of rotatable bonds is 4. The highest BCUT2D eigenvalue weighted by Crippen LogP contribution is 2.24. The minimum absolute atomic E-state index is 0.00523. The highest BCUT2D eigenvalue weighted by molar-refractivity contribution is 7.89. The van der Waals surface area contributed by atoms with E-state index in [0.717, 1.165) is 18.5 Å². The number of nitrogens with zero attached hydrogens (tertiary/aromatic N) is 1. The molecule has 0 aliphatic carbocycles. The summed E-state index contributed by atoms with van der Waals surface area (Å²) in [4.78, 5) is 11.9. The average Bonchev–Trinajstić information content (AvgIpc) is 2.99. The van der Waals surface area contributed by atoms with Crippen LogP contribution in [0, 0.1) is 6.92 Å². The zero-order chi connectivity index (χ0) is 15.6. The van der Waals surface area contributed by atoms with Crippen molar-refractivity contribution in [2.75, 3.05) is 27.2 Å². The maximum atomic E-state index is 12.8. The van der Waals surface area contributed by atoms with Crippen LogP contribution in [-0.4, -0.2) is 52.0 Å². The van der Waals surface area contributed by atoms with Gasteiger partial charge in [0, 0.05) is 19.6 Å². The fraction of sp³-hybridized carbons (Fsp3) is 0.500.